The van der Waals surface area contributed by atoms with Crippen LogP contribution in [0.1, 0.15) is 42.4 Å². The van der Waals surface area contributed by atoms with E-state index in [0.717, 1.165) is 6.07 Å². The summed E-state index contributed by atoms with van der Waals surface area (Å²) >= 11 is 0. The summed E-state index contributed by atoms with van der Waals surface area (Å²) in [6.07, 6.45) is -1.42. The van der Waals surface area contributed by atoms with Gasteiger partial charge < -0.3 is 9.67 Å². The standard InChI is InChI=1S/C9H11F2NO2/c1-5(2)12-4-6(9(13)14)3-7(12)8(10)11/h3-5,8H,1-2H3,(H,13,14). The topological polar surface area (TPSA) is 42.2 Å². The van der Waals surface area contributed by atoms with Crippen LogP contribution >= 0.6 is 0 Å². The maximum atomic E-state index is 12.5. The van der Waals surface area contributed by atoms with E-state index >= 15 is 0 Å². The molecule has 1 aromatic rings. The Kier molecular flexibility index (Phi) is 2.88. The van der Waals surface area contributed by atoms with Gasteiger partial charge in [-0.05, 0) is 19.9 Å². The second-order valence-corrected chi connectivity index (χ2v) is 3.26. The zero-order valence-electron chi connectivity index (χ0n) is 7.87. The van der Waals surface area contributed by atoms with Crippen molar-refractivity contribution in [2.75, 3.05) is 0 Å². The zero-order valence-corrected chi connectivity index (χ0v) is 7.87. The first-order chi connectivity index (χ1) is 6.43. The lowest BCUT2D eigenvalue weighted by atomic mass is 10.3. The molecule has 0 aromatic carbocycles. The smallest absolute Gasteiger partial charge is 0.337 e. The number of rotatable bonds is 3. The van der Waals surface area contributed by atoms with E-state index in [1.165, 1.54) is 10.8 Å². The van der Waals surface area contributed by atoms with E-state index in [2.05, 4.69) is 0 Å². The van der Waals surface area contributed by atoms with Crippen LogP contribution in [0.2, 0.25) is 0 Å². The summed E-state index contributed by atoms with van der Waals surface area (Å²) in [5.74, 6) is -1.19. The van der Waals surface area contributed by atoms with Crippen LogP contribution in [0.25, 0.3) is 0 Å². The number of carboxylic acids is 1. The molecule has 0 saturated heterocycles. The second kappa shape index (κ2) is 3.77. The van der Waals surface area contributed by atoms with Gasteiger partial charge in [-0.3, -0.25) is 0 Å². The Balaban J connectivity index is 3.19. The lowest BCUT2D eigenvalue weighted by Crippen LogP contribution is -2.04. The Morgan fingerprint density at radius 1 is 1.50 bits per heavy atom. The number of hydrogen-bond acceptors (Lipinski definition) is 1. The highest BCUT2D eigenvalue weighted by Crippen LogP contribution is 2.24. The van der Waals surface area contributed by atoms with Gasteiger partial charge in [0.25, 0.3) is 6.43 Å². The van der Waals surface area contributed by atoms with Crippen LogP contribution in [0.4, 0.5) is 8.78 Å². The van der Waals surface area contributed by atoms with Gasteiger partial charge in [0, 0.05) is 12.2 Å². The van der Waals surface area contributed by atoms with Gasteiger partial charge in [0.2, 0.25) is 0 Å². The van der Waals surface area contributed by atoms with Gasteiger partial charge in [0.15, 0.2) is 0 Å². The molecule has 78 valence electrons. The lowest BCUT2D eigenvalue weighted by molar-refractivity contribution is 0.0697. The molecule has 0 aliphatic heterocycles. The van der Waals surface area contributed by atoms with Gasteiger partial charge in [-0.15, -0.1) is 0 Å². The van der Waals surface area contributed by atoms with Crippen LogP contribution < -0.4 is 0 Å². The summed E-state index contributed by atoms with van der Waals surface area (Å²) in [7, 11) is 0. The molecule has 14 heavy (non-hydrogen) atoms. The third kappa shape index (κ3) is 1.92. The highest BCUT2D eigenvalue weighted by atomic mass is 19.3. The van der Waals surface area contributed by atoms with Crippen LogP contribution in [0, 0.1) is 0 Å². The van der Waals surface area contributed by atoms with Gasteiger partial charge >= 0.3 is 5.97 Å². The molecule has 0 radical (unpaired) electrons. The van der Waals surface area contributed by atoms with Gasteiger partial charge in [-0.25, -0.2) is 13.6 Å². The van der Waals surface area contributed by atoms with Crippen LogP contribution in [-0.2, 0) is 0 Å². The molecule has 0 atom stereocenters. The predicted octanol–water partition coefficient (Wildman–Crippen LogP) is 2.70. The van der Waals surface area contributed by atoms with Crippen LogP contribution in [0.5, 0.6) is 0 Å². The normalized spacial score (nSPS) is 11.3. The first-order valence-corrected chi connectivity index (χ1v) is 4.16. The van der Waals surface area contributed by atoms with E-state index in [9.17, 15) is 13.6 Å². The minimum absolute atomic E-state index is 0.103. The van der Waals surface area contributed by atoms with Crippen molar-refractivity contribution in [2.24, 2.45) is 0 Å². The molecule has 5 heteroatoms. The maximum absolute atomic E-state index is 12.5. The minimum atomic E-state index is -2.65. The number of carboxylic acid groups (broad SMARTS) is 1. The number of hydrogen-bond donors (Lipinski definition) is 1. The molecule has 0 saturated carbocycles. The molecular weight excluding hydrogens is 192 g/mol. The molecule has 0 fully saturated rings. The number of aromatic carboxylic acids is 1. The van der Waals surface area contributed by atoms with Gasteiger partial charge in [0.1, 0.15) is 0 Å². The fourth-order valence-corrected chi connectivity index (χ4v) is 1.24. The monoisotopic (exact) mass is 203 g/mol. The summed E-state index contributed by atoms with van der Waals surface area (Å²) in [6.45, 7) is 3.44. The third-order valence-corrected chi connectivity index (χ3v) is 1.91. The molecule has 0 aliphatic rings. The summed E-state index contributed by atoms with van der Waals surface area (Å²) in [4.78, 5) is 10.6. The van der Waals surface area contributed by atoms with Crippen LogP contribution in [0.3, 0.4) is 0 Å². The van der Waals surface area contributed by atoms with E-state index in [0.29, 0.717) is 0 Å². The van der Waals surface area contributed by atoms with Crippen molar-refractivity contribution < 1.29 is 18.7 Å². The van der Waals surface area contributed by atoms with E-state index < -0.39 is 12.4 Å². The van der Waals surface area contributed by atoms with Crippen molar-refractivity contribution in [1.29, 1.82) is 0 Å². The molecule has 1 heterocycles. The van der Waals surface area contributed by atoms with Crippen molar-refractivity contribution in [3.63, 3.8) is 0 Å². The molecule has 0 unspecified atom stereocenters. The Hall–Kier alpha value is -1.39. The molecular formula is C9H11F2NO2. The largest absolute Gasteiger partial charge is 0.478 e. The maximum Gasteiger partial charge on any atom is 0.337 e. The van der Waals surface area contributed by atoms with Crippen LogP contribution in [0.15, 0.2) is 12.3 Å². The molecule has 0 bridgehead atoms. The fraction of sp³-hybridized carbons (Fsp3) is 0.444. The van der Waals surface area contributed by atoms with Gasteiger partial charge in [-0.2, -0.15) is 0 Å². The Morgan fingerprint density at radius 2 is 2.07 bits per heavy atom. The summed E-state index contributed by atoms with van der Waals surface area (Å²) < 4.78 is 26.2. The first kappa shape index (κ1) is 10.7. The van der Waals surface area contributed by atoms with Crippen molar-refractivity contribution in [2.45, 2.75) is 26.3 Å². The summed E-state index contributed by atoms with van der Waals surface area (Å²) in [5, 5.41) is 8.63. The Morgan fingerprint density at radius 3 is 2.36 bits per heavy atom. The van der Waals surface area contributed by atoms with Crippen LogP contribution in [-0.4, -0.2) is 15.6 Å². The first-order valence-electron chi connectivity index (χ1n) is 4.16. The minimum Gasteiger partial charge on any atom is -0.478 e. The van der Waals surface area contributed by atoms with Crippen molar-refractivity contribution in [3.05, 3.63) is 23.5 Å². The number of carbonyl (C=O) groups is 1. The summed E-state index contributed by atoms with van der Waals surface area (Å²) in [5.41, 5.74) is -0.355. The Labute approximate surface area is 80.0 Å². The number of nitrogens with zero attached hydrogens (tertiary/aromatic N) is 1. The molecule has 0 amide bonds. The predicted molar refractivity (Wildman–Crippen MR) is 46.7 cm³/mol. The van der Waals surface area contributed by atoms with E-state index in [4.69, 9.17) is 5.11 Å². The highest BCUT2D eigenvalue weighted by molar-refractivity contribution is 5.87. The Bertz CT molecular complexity index is 319. The number of alkyl halides is 2. The summed E-state index contributed by atoms with van der Waals surface area (Å²) in [6, 6.07) is 0.833. The fourth-order valence-electron chi connectivity index (χ4n) is 1.24. The number of halogens is 2. The lowest BCUT2D eigenvalue weighted by Gasteiger charge is -2.11. The van der Waals surface area contributed by atoms with E-state index in [1.807, 2.05) is 0 Å². The number of aromatic nitrogens is 1. The van der Waals surface area contributed by atoms with Gasteiger partial charge in [-0.1, -0.05) is 0 Å². The molecule has 1 aromatic heterocycles. The highest BCUT2D eigenvalue weighted by Gasteiger charge is 2.19. The molecule has 3 nitrogen and oxygen atoms in total. The van der Waals surface area contributed by atoms with Crippen molar-refractivity contribution in [1.82, 2.24) is 4.57 Å². The molecule has 1 rings (SSSR count). The SMILES string of the molecule is CC(C)n1cc(C(=O)O)cc1C(F)F. The average Bonchev–Trinajstić information content (AvgIpc) is 2.47. The van der Waals surface area contributed by atoms with E-state index in [1.54, 1.807) is 13.8 Å². The third-order valence-electron chi connectivity index (χ3n) is 1.91. The molecule has 1 N–H and O–H groups in total. The average molecular weight is 203 g/mol. The van der Waals surface area contributed by atoms with Crippen molar-refractivity contribution in [3.8, 4) is 0 Å². The van der Waals surface area contributed by atoms with Crippen molar-refractivity contribution >= 4 is 5.97 Å². The second-order valence-electron chi connectivity index (χ2n) is 3.26. The molecule has 0 spiro atoms. The van der Waals surface area contributed by atoms with E-state index in [-0.39, 0.29) is 17.3 Å². The zero-order chi connectivity index (χ0) is 10.9. The van der Waals surface area contributed by atoms with Gasteiger partial charge in [0.05, 0.1) is 11.3 Å². The quantitative estimate of drug-likeness (QED) is 0.820. The molecule has 0 aliphatic carbocycles.